The molecule has 184 valence electrons. The first-order valence-corrected chi connectivity index (χ1v) is 13.7. The molecule has 0 N–H and O–H groups in total. The van der Waals surface area contributed by atoms with Gasteiger partial charge in [0.1, 0.15) is 0 Å². The van der Waals surface area contributed by atoms with E-state index in [4.69, 9.17) is 0 Å². The summed E-state index contributed by atoms with van der Waals surface area (Å²) in [6, 6.07) is 30.9. The molecule has 1 heterocycles. The second-order valence-corrected chi connectivity index (χ2v) is 10.6. The molecule has 1 nitrogen and oxygen atoms in total. The van der Waals surface area contributed by atoms with Crippen LogP contribution in [0, 0.1) is 5.92 Å². The van der Waals surface area contributed by atoms with Gasteiger partial charge in [-0.15, -0.1) is 0 Å². The maximum Gasteiger partial charge on any atom is 0.0537 e. The summed E-state index contributed by atoms with van der Waals surface area (Å²) < 4.78 is 2.45. The molecular formula is C37H31N. The fraction of sp³-hybridized carbons (Fsp3) is 0.135. The molecule has 0 saturated carbocycles. The van der Waals surface area contributed by atoms with Crippen molar-refractivity contribution < 1.29 is 0 Å². The number of benzene rings is 2. The van der Waals surface area contributed by atoms with Crippen molar-refractivity contribution in [2.45, 2.75) is 26.2 Å². The third kappa shape index (κ3) is 3.96. The summed E-state index contributed by atoms with van der Waals surface area (Å²) in [4.78, 5) is 0. The third-order valence-electron chi connectivity index (χ3n) is 8.04. The van der Waals surface area contributed by atoms with E-state index in [9.17, 15) is 0 Å². The Kier molecular flexibility index (Phi) is 5.70. The van der Waals surface area contributed by atoms with Gasteiger partial charge in [-0.3, -0.25) is 0 Å². The van der Waals surface area contributed by atoms with Gasteiger partial charge in [0.15, 0.2) is 0 Å². The first-order valence-electron chi connectivity index (χ1n) is 13.7. The van der Waals surface area contributed by atoms with Gasteiger partial charge in [0.25, 0.3) is 0 Å². The van der Waals surface area contributed by atoms with Crippen LogP contribution in [0.25, 0.3) is 46.5 Å². The summed E-state index contributed by atoms with van der Waals surface area (Å²) in [6.07, 6.45) is 19.5. The summed E-state index contributed by atoms with van der Waals surface area (Å²) in [5, 5.41) is 1.37. The molecule has 3 aliphatic rings. The smallest absolute Gasteiger partial charge is 0.0537 e. The van der Waals surface area contributed by atoms with Crippen molar-refractivity contribution in [3.8, 4) is 5.69 Å². The lowest BCUT2D eigenvalue weighted by atomic mass is 9.88. The van der Waals surface area contributed by atoms with E-state index in [0.29, 0.717) is 5.92 Å². The molecule has 0 fully saturated rings. The van der Waals surface area contributed by atoms with Crippen molar-refractivity contribution in [1.82, 2.24) is 4.57 Å². The van der Waals surface area contributed by atoms with Crippen molar-refractivity contribution >= 4 is 40.8 Å². The third-order valence-corrected chi connectivity index (χ3v) is 8.04. The number of rotatable bonds is 2. The highest BCUT2D eigenvalue weighted by Gasteiger charge is 2.21. The van der Waals surface area contributed by atoms with E-state index in [1.807, 2.05) is 0 Å². The largest absolute Gasteiger partial charge is 0.310 e. The fourth-order valence-electron chi connectivity index (χ4n) is 6.19. The molecule has 1 aromatic heterocycles. The predicted octanol–water partition coefficient (Wildman–Crippen LogP) is 9.49. The van der Waals surface area contributed by atoms with Crippen LogP contribution in [0.4, 0.5) is 0 Å². The van der Waals surface area contributed by atoms with Gasteiger partial charge in [0, 0.05) is 16.8 Å². The SMILES string of the molecule is CC1C=Cc2c(c3ccccc3n2-c2cccc(C3=C/c4ccccccc(c5c4C=CCC5)/C=C\3)c2)C1. The van der Waals surface area contributed by atoms with Crippen LogP contribution < -0.4 is 0 Å². The number of fused-ring (bicyclic) bond motifs is 3. The maximum absolute atomic E-state index is 2.45. The molecule has 0 saturated heterocycles. The van der Waals surface area contributed by atoms with Crippen molar-refractivity contribution in [1.29, 1.82) is 0 Å². The Morgan fingerprint density at radius 1 is 0.737 bits per heavy atom. The lowest BCUT2D eigenvalue weighted by Gasteiger charge is -2.18. The second-order valence-electron chi connectivity index (χ2n) is 10.6. The number of para-hydroxylation sites is 1. The summed E-state index contributed by atoms with van der Waals surface area (Å²) in [7, 11) is 0. The molecule has 0 radical (unpaired) electrons. The summed E-state index contributed by atoms with van der Waals surface area (Å²) in [5.74, 6) is 0.564. The zero-order chi connectivity index (χ0) is 25.5. The van der Waals surface area contributed by atoms with E-state index in [1.165, 1.54) is 61.2 Å². The van der Waals surface area contributed by atoms with Gasteiger partial charge in [-0.2, -0.15) is 0 Å². The predicted molar refractivity (Wildman–Crippen MR) is 164 cm³/mol. The quantitative estimate of drug-likeness (QED) is 0.264. The maximum atomic E-state index is 2.45. The van der Waals surface area contributed by atoms with Gasteiger partial charge in [-0.05, 0) is 94.5 Å². The van der Waals surface area contributed by atoms with Crippen LogP contribution in [-0.2, 0) is 12.8 Å². The van der Waals surface area contributed by atoms with Gasteiger partial charge in [-0.25, -0.2) is 0 Å². The molecule has 2 bridgehead atoms. The first kappa shape index (κ1) is 22.8. The van der Waals surface area contributed by atoms with Crippen molar-refractivity contribution in [3.05, 3.63) is 142 Å². The Morgan fingerprint density at radius 2 is 1.58 bits per heavy atom. The van der Waals surface area contributed by atoms with Gasteiger partial charge in [0.05, 0.1) is 5.52 Å². The Hall–Kier alpha value is -4.36. The van der Waals surface area contributed by atoms with Crippen LogP contribution in [-0.4, -0.2) is 4.57 Å². The molecule has 0 amide bonds. The summed E-state index contributed by atoms with van der Waals surface area (Å²) in [6.45, 7) is 2.31. The zero-order valence-corrected chi connectivity index (χ0v) is 21.8. The van der Waals surface area contributed by atoms with Crippen LogP contribution in [0.1, 0.15) is 52.4 Å². The van der Waals surface area contributed by atoms with Crippen LogP contribution in [0.2, 0.25) is 0 Å². The zero-order valence-electron chi connectivity index (χ0n) is 21.8. The molecule has 0 spiro atoms. The number of hydrogen-bond acceptors (Lipinski definition) is 0. The first-order chi connectivity index (χ1) is 18.8. The van der Waals surface area contributed by atoms with Crippen LogP contribution in [0.5, 0.6) is 0 Å². The van der Waals surface area contributed by atoms with Crippen LogP contribution in [0.3, 0.4) is 0 Å². The van der Waals surface area contributed by atoms with E-state index >= 15 is 0 Å². The topological polar surface area (TPSA) is 4.93 Å². The Labute approximate surface area is 225 Å². The van der Waals surface area contributed by atoms with E-state index < -0.39 is 0 Å². The van der Waals surface area contributed by atoms with Gasteiger partial charge in [0.2, 0.25) is 0 Å². The minimum absolute atomic E-state index is 0.564. The monoisotopic (exact) mass is 489 g/mol. The Bertz CT molecular complexity index is 1750. The summed E-state index contributed by atoms with van der Waals surface area (Å²) in [5.41, 5.74) is 13.1. The lowest BCUT2D eigenvalue weighted by molar-refractivity contribution is 0.718. The van der Waals surface area contributed by atoms with Crippen molar-refractivity contribution in [2.24, 2.45) is 5.92 Å². The standard InChI is InChI=1S/C37H31N/c1-26-19-22-37-35(23-26)34-17-8-9-18-36(34)38(37)31-14-10-13-28(25-31)29-21-20-27-11-4-2-3-5-12-30(24-29)33-16-7-6-15-32(27)33/h2-5,7-14,16-22,24-26H,6,15,23H2,1H3/b3-2?,4-2?,5-3?,11-4?,12-5?,21-20-,27-11?,27-20?,29-21?,29-24+,30-12?,30-24?,32-27?,33-30?. The fourth-order valence-corrected chi connectivity index (χ4v) is 6.19. The normalized spacial score (nSPS) is 19.1. The molecule has 3 aromatic carbocycles. The van der Waals surface area contributed by atoms with Gasteiger partial charge >= 0.3 is 0 Å². The molecule has 1 heteroatoms. The molecule has 4 aromatic rings. The molecule has 38 heavy (non-hydrogen) atoms. The van der Waals surface area contributed by atoms with Crippen LogP contribution in [0.15, 0.2) is 103 Å². The van der Waals surface area contributed by atoms with Gasteiger partial charge in [-0.1, -0.05) is 104 Å². The van der Waals surface area contributed by atoms with E-state index in [2.05, 4.69) is 139 Å². The lowest BCUT2D eigenvalue weighted by Crippen LogP contribution is -2.05. The minimum Gasteiger partial charge on any atom is -0.310 e. The molecule has 3 aliphatic carbocycles. The molecule has 1 unspecified atom stereocenters. The second kappa shape index (κ2) is 9.50. The number of aromatic nitrogens is 1. The highest BCUT2D eigenvalue weighted by Crippen LogP contribution is 2.37. The number of hydrogen-bond donors (Lipinski definition) is 0. The average molecular weight is 490 g/mol. The van der Waals surface area contributed by atoms with Crippen LogP contribution >= 0.6 is 0 Å². The van der Waals surface area contributed by atoms with Gasteiger partial charge < -0.3 is 4.57 Å². The van der Waals surface area contributed by atoms with E-state index in [-0.39, 0.29) is 0 Å². The molecule has 1 atom stereocenters. The molecule has 7 rings (SSSR count). The number of nitrogens with zero attached hydrogens (tertiary/aromatic N) is 1. The Balaban J connectivity index is 1.42. The Morgan fingerprint density at radius 3 is 2.50 bits per heavy atom. The highest BCUT2D eigenvalue weighted by atomic mass is 15.0. The molecule has 0 aliphatic heterocycles. The minimum atomic E-state index is 0.564. The van der Waals surface area contributed by atoms with Crippen molar-refractivity contribution in [2.75, 3.05) is 0 Å². The highest BCUT2D eigenvalue weighted by molar-refractivity contribution is 5.95. The molecular weight excluding hydrogens is 458 g/mol. The van der Waals surface area contributed by atoms with E-state index in [1.54, 1.807) is 0 Å². The van der Waals surface area contributed by atoms with Crippen molar-refractivity contribution in [3.63, 3.8) is 0 Å². The summed E-state index contributed by atoms with van der Waals surface area (Å²) >= 11 is 0. The van der Waals surface area contributed by atoms with E-state index in [0.717, 1.165) is 19.3 Å². The average Bonchev–Trinajstić information content (AvgIpc) is 3.27. The number of allylic oxidation sites excluding steroid dienone is 4.